The normalized spacial score (nSPS) is 14.0. The summed E-state index contributed by atoms with van der Waals surface area (Å²) < 4.78 is 16.7. The van der Waals surface area contributed by atoms with E-state index in [0.717, 1.165) is 29.7 Å². The van der Waals surface area contributed by atoms with Crippen LogP contribution in [-0.4, -0.2) is 31.4 Å². The molecule has 176 valence electrons. The van der Waals surface area contributed by atoms with Gasteiger partial charge in [-0.3, -0.25) is 4.79 Å². The molecular formula is C27H38O5. The van der Waals surface area contributed by atoms with Crippen molar-refractivity contribution in [3.8, 4) is 5.75 Å². The van der Waals surface area contributed by atoms with E-state index in [1.807, 2.05) is 42.5 Å². The SMILES string of the molecule is COc1ccc(COCCCC[C@H](C[C@H](C)[C@@H](C)COCc2ccccc2)C(=O)O)cc1. The van der Waals surface area contributed by atoms with Gasteiger partial charge >= 0.3 is 5.97 Å². The summed E-state index contributed by atoms with van der Waals surface area (Å²) >= 11 is 0. The molecule has 0 aliphatic rings. The summed E-state index contributed by atoms with van der Waals surface area (Å²) in [5.74, 6) is 0.419. The summed E-state index contributed by atoms with van der Waals surface area (Å²) in [6.07, 6.45) is 3.08. The number of benzene rings is 2. The average molecular weight is 443 g/mol. The molecule has 0 aliphatic carbocycles. The Kier molecular flexibility index (Phi) is 11.8. The molecule has 0 amide bonds. The van der Waals surface area contributed by atoms with E-state index in [4.69, 9.17) is 14.2 Å². The van der Waals surface area contributed by atoms with Gasteiger partial charge in [-0.25, -0.2) is 0 Å². The van der Waals surface area contributed by atoms with Crippen molar-refractivity contribution in [1.29, 1.82) is 0 Å². The van der Waals surface area contributed by atoms with Gasteiger partial charge in [0.25, 0.3) is 0 Å². The number of unbranched alkanes of at least 4 members (excludes halogenated alkanes) is 1. The fraction of sp³-hybridized carbons (Fsp3) is 0.519. The van der Waals surface area contributed by atoms with E-state index in [9.17, 15) is 9.90 Å². The van der Waals surface area contributed by atoms with Crippen molar-refractivity contribution in [3.63, 3.8) is 0 Å². The van der Waals surface area contributed by atoms with Crippen molar-refractivity contribution in [3.05, 3.63) is 65.7 Å². The molecule has 3 atom stereocenters. The minimum absolute atomic E-state index is 0.290. The standard InChI is InChI=1S/C27H38O5/c1-21(22(2)18-32-20-23-9-5-4-6-10-23)17-25(27(28)29)11-7-8-16-31-19-24-12-14-26(30-3)15-13-24/h4-6,9-10,12-15,21-22,25H,7-8,11,16-20H2,1-3H3,(H,28,29)/t21-,22-,25+/m0/s1. The van der Waals surface area contributed by atoms with Crippen LogP contribution in [0.1, 0.15) is 50.7 Å². The predicted molar refractivity (Wildman–Crippen MR) is 127 cm³/mol. The van der Waals surface area contributed by atoms with Crippen LogP contribution in [0, 0.1) is 17.8 Å². The number of rotatable bonds is 16. The summed E-state index contributed by atoms with van der Waals surface area (Å²) in [6.45, 7) is 6.70. The number of hydrogen-bond donors (Lipinski definition) is 1. The molecule has 0 aliphatic heterocycles. The van der Waals surface area contributed by atoms with Crippen molar-refractivity contribution in [2.45, 2.75) is 52.7 Å². The second-order valence-electron chi connectivity index (χ2n) is 8.62. The highest BCUT2D eigenvalue weighted by molar-refractivity contribution is 5.69. The zero-order valence-corrected chi connectivity index (χ0v) is 19.7. The molecule has 5 nitrogen and oxygen atoms in total. The third-order valence-electron chi connectivity index (χ3n) is 5.99. The lowest BCUT2D eigenvalue weighted by atomic mass is 9.85. The van der Waals surface area contributed by atoms with Gasteiger partial charge in [0, 0.05) is 13.2 Å². The van der Waals surface area contributed by atoms with Crippen molar-refractivity contribution in [2.24, 2.45) is 17.8 Å². The van der Waals surface area contributed by atoms with E-state index in [2.05, 4.69) is 26.0 Å². The molecule has 0 aromatic heterocycles. The molecule has 0 heterocycles. The Morgan fingerprint density at radius 1 is 0.875 bits per heavy atom. The quantitative estimate of drug-likeness (QED) is 0.325. The number of hydrogen-bond acceptors (Lipinski definition) is 4. The summed E-state index contributed by atoms with van der Waals surface area (Å²) in [6, 6.07) is 17.9. The lowest BCUT2D eigenvalue weighted by Gasteiger charge is -2.23. The molecule has 0 spiro atoms. The van der Waals surface area contributed by atoms with Crippen LogP contribution in [-0.2, 0) is 27.5 Å². The van der Waals surface area contributed by atoms with Crippen LogP contribution < -0.4 is 4.74 Å². The smallest absolute Gasteiger partial charge is 0.306 e. The topological polar surface area (TPSA) is 65.0 Å². The van der Waals surface area contributed by atoms with Crippen LogP contribution in [0.5, 0.6) is 5.75 Å². The maximum Gasteiger partial charge on any atom is 0.306 e. The second kappa shape index (κ2) is 14.6. The van der Waals surface area contributed by atoms with Gasteiger partial charge in [-0.2, -0.15) is 0 Å². The zero-order valence-electron chi connectivity index (χ0n) is 19.7. The molecule has 1 N–H and O–H groups in total. The highest BCUT2D eigenvalue weighted by atomic mass is 16.5. The fourth-order valence-corrected chi connectivity index (χ4v) is 3.63. The van der Waals surface area contributed by atoms with E-state index < -0.39 is 5.97 Å². The summed E-state index contributed by atoms with van der Waals surface area (Å²) in [7, 11) is 1.65. The molecule has 0 saturated carbocycles. The van der Waals surface area contributed by atoms with Gasteiger partial charge in [0.1, 0.15) is 5.75 Å². The molecule has 32 heavy (non-hydrogen) atoms. The van der Waals surface area contributed by atoms with Crippen molar-refractivity contribution in [1.82, 2.24) is 0 Å². The van der Waals surface area contributed by atoms with E-state index >= 15 is 0 Å². The zero-order chi connectivity index (χ0) is 23.2. The van der Waals surface area contributed by atoms with Gasteiger partial charge in [0.2, 0.25) is 0 Å². The third-order valence-corrected chi connectivity index (χ3v) is 5.99. The Morgan fingerprint density at radius 2 is 1.53 bits per heavy atom. The fourth-order valence-electron chi connectivity index (χ4n) is 3.63. The summed E-state index contributed by atoms with van der Waals surface area (Å²) in [4.78, 5) is 11.7. The molecule has 0 bridgehead atoms. The van der Waals surface area contributed by atoms with Crippen molar-refractivity contribution in [2.75, 3.05) is 20.3 Å². The van der Waals surface area contributed by atoms with Gasteiger partial charge in [-0.1, -0.05) is 62.7 Å². The minimum atomic E-state index is -0.701. The first kappa shape index (κ1) is 25.9. The number of methoxy groups -OCH3 is 1. The highest BCUT2D eigenvalue weighted by Gasteiger charge is 2.23. The Labute approximate surface area is 192 Å². The number of carboxylic acid groups (broad SMARTS) is 1. The van der Waals surface area contributed by atoms with Gasteiger partial charge in [-0.05, 0) is 54.4 Å². The van der Waals surface area contributed by atoms with E-state index in [1.165, 1.54) is 0 Å². The van der Waals surface area contributed by atoms with Gasteiger partial charge in [-0.15, -0.1) is 0 Å². The number of ether oxygens (including phenoxy) is 3. The number of aliphatic carboxylic acids is 1. The van der Waals surface area contributed by atoms with Gasteiger partial charge < -0.3 is 19.3 Å². The van der Waals surface area contributed by atoms with Crippen LogP contribution in [0.25, 0.3) is 0 Å². The molecule has 2 rings (SSSR count). The van der Waals surface area contributed by atoms with Crippen LogP contribution in [0.3, 0.4) is 0 Å². The largest absolute Gasteiger partial charge is 0.497 e. The van der Waals surface area contributed by atoms with E-state index in [0.29, 0.717) is 45.2 Å². The monoisotopic (exact) mass is 442 g/mol. The van der Waals surface area contributed by atoms with Gasteiger partial charge in [0.15, 0.2) is 0 Å². The van der Waals surface area contributed by atoms with Crippen molar-refractivity contribution < 1.29 is 24.1 Å². The third kappa shape index (κ3) is 9.84. The number of carboxylic acids is 1. The number of carbonyl (C=O) groups is 1. The predicted octanol–water partition coefficient (Wildman–Crippen LogP) is 5.96. The van der Waals surface area contributed by atoms with Crippen LogP contribution in [0.2, 0.25) is 0 Å². The summed E-state index contributed by atoms with van der Waals surface area (Å²) in [5, 5.41) is 9.65. The first-order valence-electron chi connectivity index (χ1n) is 11.5. The minimum Gasteiger partial charge on any atom is -0.497 e. The second-order valence-corrected chi connectivity index (χ2v) is 8.62. The Balaban J connectivity index is 1.61. The maximum atomic E-state index is 11.7. The molecule has 0 fully saturated rings. The average Bonchev–Trinajstić information content (AvgIpc) is 2.81. The van der Waals surface area contributed by atoms with E-state index in [1.54, 1.807) is 7.11 Å². The molecule has 5 heteroatoms. The Hall–Kier alpha value is -2.37. The van der Waals surface area contributed by atoms with Crippen LogP contribution >= 0.6 is 0 Å². The van der Waals surface area contributed by atoms with Crippen LogP contribution in [0.15, 0.2) is 54.6 Å². The molecular weight excluding hydrogens is 404 g/mol. The molecule has 2 aromatic rings. The maximum absolute atomic E-state index is 11.7. The first-order valence-corrected chi connectivity index (χ1v) is 11.5. The molecule has 2 aromatic carbocycles. The molecule has 0 saturated heterocycles. The molecule has 0 radical (unpaired) electrons. The Bertz CT molecular complexity index is 759. The molecule has 0 unspecified atom stereocenters. The first-order chi connectivity index (χ1) is 15.5. The summed E-state index contributed by atoms with van der Waals surface area (Å²) in [5.41, 5.74) is 2.26. The van der Waals surface area contributed by atoms with E-state index in [-0.39, 0.29) is 11.8 Å². The highest BCUT2D eigenvalue weighted by Crippen LogP contribution is 2.25. The Morgan fingerprint density at radius 3 is 2.19 bits per heavy atom. The lowest BCUT2D eigenvalue weighted by molar-refractivity contribution is -0.142. The van der Waals surface area contributed by atoms with Gasteiger partial charge in [0.05, 0.1) is 26.2 Å². The van der Waals surface area contributed by atoms with Crippen molar-refractivity contribution >= 4 is 5.97 Å². The van der Waals surface area contributed by atoms with Crippen LogP contribution in [0.4, 0.5) is 0 Å². The lowest BCUT2D eigenvalue weighted by Crippen LogP contribution is -2.22.